The van der Waals surface area contributed by atoms with Gasteiger partial charge in [0.1, 0.15) is 36.9 Å². The Morgan fingerprint density at radius 3 is 1.26 bits per heavy atom. The zero-order valence-electron chi connectivity index (χ0n) is 36.4. The molecule has 14 nitrogen and oxygen atoms in total. The van der Waals surface area contributed by atoms with Gasteiger partial charge in [-0.15, -0.1) is 0 Å². The van der Waals surface area contributed by atoms with E-state index in [0.717, 1.165) is 18.2 Å². The number of aromatic amines is 2. The van der Waals surface area contributed by atoms with E-state index >= 15 is 35.1 Å². The summed E-state index contributed by atoms with van der Waals surface area (Å²) in [5, 5.41) is 82.7. The molecular formula is C50H34F8N4O10. The molecule has 0 aliphatic carbocycles. The predicted molar refractivity (Wildman–Crippen MR) is 244 cm³/mol. The number of nitrogens with one attached hydrogen (secondary N) is 2. The Morgan fingerprint density at radius 1 is 0.444 bits per heavy atom. The monoisotopic (exact) mass is 1000 g/mol. The third kappa shape index (κ3) is 8.34. The van der Waals surface area contributed by atoms with Crippen molar-refractivity contribution in [1.29, 1.82) is 0 Å². The number of aliphatic hydroxyl groups is 4. The number of hydrogen-bond acceptors (Lipinski definition) is 12. The molecule has 8 bridgehead atoms. The maximum absolute atomic E-state index is 16.6. The van der Waals surface area contributed by atoms with E-state index in [-0.39, 0.29) is 50.4 Å². The molecule has 0 spiro atoms. The number of phenols is 2. The van der Waals surface area contributed by atoms with E-state index in [9.17, 15) is 40.9 Å². The van der Waals surface area contributed by atoms with Crippen molar-refractivity contribution in [2.24, 2.45) is 0 Å². The van der Waals surface area contributed by atoms with E-state index in [1.807, 2.05) is 0 Å². The molecule has 72 heavy (non-hydrogen) atoms. The molecule has 370 valence electrons. The zero-order chi connectivity index (χ0) is 51.4. The van der Waals surface area contributed by atoms with Crippen LogP contribution in [0.5, 0.6) is 34.5 Å². The van der Waals surface area contributed by atoms with Crippen LogP contribution < -0.4 is 9.47 Å². The molecule has 5 heterocycles. The fraction of sp³-hybridized carbons (Fsp3) is 0.120. The van der Waals surface area contributed by atoms with Gasteiger partial charge in [-0.05, 0) is 71.8 Å². The van der Waals surface area contributed by atoms with Gasteiger partial charge in [0.25, 0.3) is 0 Å². The van der Waals surface area contributed by atoms with Crippen LogP contribution in [0.1, 0.15) is 22.8 Å². The maximum Gasteiger partial charge on any atom is 0.204 e. The molecule has 4 aromatic carbocycles. The Balaban J connectivity index is 1.48. The summed E-state index contributed by atoms with van der Waals surface area (Å²) < 4.78 is 140. The first-order chi connectivity index (χ1) is 34.4. The van der Waals surface area contributed by atoms with Crippen LogP contribution in [0.25, 0.3) is 90.9 Å². The standard InChI is InChI=1S/C50H34F8N4O10/c51-37-35(38(52)42(56)49(41(37)55)71-17-23(67)15-63)33-28-10-7-25(59-28)31(19-3-1-5-21(65)13-19)26-8-12-30(60-26)34(36-39(53)43(57)50(44(58)40(36)54)72-18-24(68)16-64)46-48(70)47(69)45(62-46)32(27-9-11-29(33)61-27)20-4-2-6-22(66)14-20/h1-14,23-24,59,62-70H,15-18H2. The van der Waals surface area contributed by atoms with Crippen LogP contribution in [-0.2, 0) is 0 Å². The number of benzene rings is 4. The maximum atomic E-state index is 16.6. The molecule has 7 aromatic rings. The third-order valence-electron chi connectivity index (χ3n) is 11.5. The molecule has 0 fully saturated rings. The zero-order valence-corrected chi connectivity index (χ0v) is 36.4. The lowest BCUT2D eigenvalue weighted by atomic mass is 10.0. The lowest BCUT2D eigenvalue weighted by molar-refractivity contribution is 0.0504. The molecule has 0 saturated heterocycles. The van der Waals surface area contributed by atoms with Crippen molar-refractivity contribution in [3.63, 3.8) is 0 Å². The van der Waals surface area contributed by atoms with Gasteiger partial charge in [-0.1, -0.05) is 24.3 Å². The van der Waals surface area contributed by atoms with Crippen LogP contribution in [0, 0.1) is 46.5 Å². The third-order valence-corrected chi connectivity index (χ3v) is 11.5. The first kappa shape index (κ1) is 48.6. The van der Waals surface area contributed by atoms with Crippen molar-refractivity contribution in [3.05, 3.63) is 130 Å². The van der Waals surface area contributed by atoms with Crippen molar-refractivity contribution in [1.82, 2.24) is 19.9 Å². The molecule has 2 aliphatic rings. The van der Waals surface area contributed by atoms with Gasteiger partial charge in [-0.2, -0.15) is 17.6 Å². The second-order valence-corrected chi connectivity index (χ2v) is 16.1. The van der Waals surface area contributed by atoms with E-state index in [4.69, 9.17) is 9.47 Å². The molecule has 0 saturated carbocycles. The highest BCUT2D eigenvalue weighted by Gasteiger charge is 2.34. The summed E-state index contributed by atoms with van der Waals surface area (Å²) in [4.78, 5) is 14.7. The lowest BCUT2D eigenvalue weighted by Gasteiger charge is -2.15. The van der Waals surface area contributed by atoms with E-state index < -0.39 is 159 Å². The molecule has 9 rings (SSSR count). The van der Waals surface area contributed by atoms with Crippen molar-refractivity contribution in [2.45, 2.75) is 12.2 Å². The Bertz CT molecular complexity index is 3560. The number of aliphatic hydroxyl groups excluding tert-OH is 4. The minimum absolute atomic E-state index is 0.0157. The highest BCUT2D eigenvalue weighted by atomic mass is 19.2. The van der Waals surface area contributed by atoms with Crippen molar-refractivity contribution in [2.75, 3.05) is 26.4 Å². The molecule has 10 N–H and O–H groups in total. The second kappa shape index (κ2) is 19.0. The average Bonchev–Trinajstić information content (AvgIpc) is 4.20. The summed E-state index contributed by atoms with van der Waals surface area (Å²) in [6, 6.07) is 12.9. The fourth-order valence-electron chi connectivity index (χ4n) is 8.16. The second-order valence-electron chi connectivity index (χ2n) is 16.1. The van der Waals surface area contributed by atoms with Gasteiger partial charge in [0, 0.05) is 33.3 Å². The summed E-state index contributed by atoms with van der Waals surface area (Å²) in [6.45, 7) is -3.89. The number of rotatable bonds is 12. The fourth-order valence-corrected chi connectivity index (χ4v) is 8.16. The molecule has 0 radical (unpaired) electrons. The Hall–Kier alpha value is -8.44. The van der Waals surface area contributed by atoms with E-state index in [2.05, 4.69) is 19.9 Å². The molecule has 0 amide bonds. The number of halogens is 8. The van der Waals surface area contributed by atoms with Gasteiger partial charge in [-0.3, -0.25) is 0 Å². The van der Waals surface area contributed by atoms with Crippen LogP contribution in [0.15, 0.2) is 60.7 Å². The normalized spacial score (nSPS) is 12.9. The first-order valence-corrected chi connectivity index (χ1v) is 21.2. The smallest absolute Gasteiger partial charge is 0.204 e. The van der Waals surface area contributed by atoms with Crippen LogP contribution in [0.2, 0.25) is 0 Å². The van der Waals surface area contributed by atoms with Gasteiger partial charge in [0.2, 0.25) is 23.3 Å². The lowest BCUT2D eigenvalue weighted by Crippen LogP contribution is -2.22. The first-order valence-electron chi connectivity index (χ1n) is 21.2. The number of aromatic hydroxyl groups is 4. The Kier molecular flexibility index (Phi) is 12.9. The van der Waals surface area contributed by atoms with Crippen LogP contribution >= 0.6 is 0 Å². The van der Waals surface area contributed by atoms with Crippen molar-refractivity contribution < 1.29 is 85.4 Å². The summed E-state index contributed by atoms with van der Waals surface area (Å²) >= 11 is 0. The van der Waals surface area contributed by atoms with Crippen molar-refractivity contribution in [3.8, 4) is 79.0 Å². The highest BCUT2D eigenvalue weighted by Crippen LogP contribution is 2.49. The van der Waals surface area contributed by atoms with E-state index in [1.54, 1.807) is 0 Å². The summed E-state index contributed by atoms with van der Waals surface area (Å²) in [5.41, 5.74) is -7.91. The minimum Gasteiger partial charge on any atom is -0.508 e. The molecular weight excluding hydrogens is 969 g/mol. The number of ether oxygens (including phenoxy) is 2. The predicted octanol–water partition coefficient (Wildman–Crippen LogP) is 8.72. The van der Waals surface area contributed by atoms with Crippen LogP contribution in [0.3, 0.4) is 0 Å². The van der Waals surface area contributed by atoms with Crippen molar-refractivity contribution >= 4 is 46.4 Å². The molecule has 2 aliphatic heterocycles. The number of hydrogen-bond donors (Lipinski definition) is 10. The average molecular weight is 1000 g/mol. The number of H-pyrrole nitrogens is 2. The van der Waals surface area contributed by atoms with Gasteiger partial charge in [0.15, 0.2) is 46.3 Å². The number of aromatic nitrogens is 4. The molecule has 3 aromatic heterocycles. The molecule has 2 atom stereocenters. The Labute approximate surface area is 398 Å². The largest absolute Gasteiger partial charge is 0.508 e. The van der Waals surface area contributed by atoms with E-state index in [1.165, 1.54) is 66.7 Å². The SMILES string of the molecule is OCC(O)COc1c(F)c(F)c(-c2c3nc(c(-c4cccc(O)c4)c4[nH]c(c(O)c4O)c(-c4c(F)c(F)c(OCC(O)CO)c(F)c4F)c4nc(c(-c5cccc(O)c5)c5ccc2[nH]5)C=C4)C=C3)c(F)c1F. The van der Waals surface area contributed by atoms with Gasteiger partial charge in [-0.25, -0.2) is 27.5 Å². The molecule has 22 heteroatoms. The summed E-state index contributed by atoms with van der Waals surface area (Å²) in [6.07, 6.45) is 1.18. The van der Waals surface area contributed by atoms with Gasteiger partial charge < -0.3 is 60.3 Å². The van der Waals surface area contributed by atoms with Crippen LogP contribution in [0.4, 0.5) is 35.1 Å². The van der Waals surface area contributed by atoms with Gasteiger partial charge in [0.05, 0.1) is 58.1 Å². The molecule has 2 unspecified atom stereocenters. The topological polar surface area (TPSA) is 238 Å². The van der Waals surface area contributed by atoms with Gasteiger partial charge >= 0.3 is 0 Å². The minimum atomic E-state index is -2.13. The number of fused-ring (bicyclic) bond motifs is 8. The summed E-state index contributed by atoms with van der Waals surface area (Å²) in [7, 11) is 0. The quantitative estimate of drug-likeness (QED) is 0.0409. The summed E-state index contributed by atoms with van der Waals surface area (Å²) in [5.74, 6) is -22.9. The van der Waals surface area contributed by atoms with E-state index in [0.29, 0.717) is 0 Å². The number of nitrogens with zero attached hydrogens (tertiary/aromatic N) is 2. The Morgan fingerprint density at radius 2 is 0.819 bits per heavy atom. The van der Waals surface area contributed by atoms with Crippen LogP contribution in [-0.4, -0.2) is 99.4 Å². The highest BCUT2D eigenvalue weighted by molar-refractivity contribution is 6.03. The number of phenolic OH excluding ortho intramolecular Hbond substituents is 2.